The van der Waals surface area contributed by atoms with E-state index < -0.39 is 29.5 Å². The third-order valence-electron chi connectivity index (χ3n) is 15.9. The molecule has 3 atom stereocenters. The molecule has 21 heteroatoms. The van der Waals surface area contributed by atoms with Crippen molar-refractivity contribution in [2.24, 2.45) is 23.2 Å². The van der Waals surface area contributed by atoms with Crippen LogP contribution in [-0.2, 0) is 53.6 Å². The second-order valence-corrected chi connectivity index (χ2v) is 25.3. The highest BCUT2D eigenvalue weighted by Crippen LogP contribution is 2.55. The van der Waals surface area contributed by atoms with Gasteiger partial charge >= 0.3 is 0 Å². The van der Waals surface area contributed by atoms with E-state index >= 15 is 0 Å². The predicted molar refractivity (Wildman–Crippen MR) is 301 cm³/mol. The molecule has 4 bridgehead atoms. The fourth-order valence-electron chi connectivity index (χ4n) is 12.4. The maximum atomic E-state index is 14.0. The lowest BCUT2D eigenvalue weighted by Gasteiger charge is -2.56. The number of carbonyl (C=O) groups is 5. The van der Waals surface area contributed by atoms with Gasteiger partial charge < -0.3 is 45.5 Å². The molecule has 5 N–H and O–H groups in total. The first-order chi connectivity index (χ1) is 38.2. The summed E-state index contributed by atoms with van der Waals surface area (Å²) in [6.07, 6.45) is 9.86. The molecule has 4 heterocycles. The van der Waals surface area contributed by atoms with E-state index in [1.165, 1.54) is 24.2 Å². The van der Waals surface area contributed by atoms with Gasteiger partial charge in [-0.05, 0) is 104 Å². The van der Waals surface area contributed by atoms with Crippen molar-refractivity contribution in [3.05, 3.63) is 100 Å². The lowest BCUT2D eigenvalue weighted by atomic mass is 9.53. The van der Waals surface area contributed by atoms with Crippen LogP contribution in [0.15, 0.2) is 66.4 Å². The molecule has 80 heavy (non-hydrogen) atoms. The Morgan fingerprint density at radius 1 is 0.800 bits per heavy atom. The first kappa shape index (κ1) is 58.3. The lowest BCUT2D eigenvalue weighted by molar-refractivity contribution is -0.144. The summed E-state index contributed by atoms with van der Waals surface area (Å²) in [5.74, 6) is 0.702. The lowest BCUT2D eigenvalue weighted by Crippen LogP contribution is -2.59. The third kappa shape index (κ3) is 14.4. The Hall–Kier alpha value is -6.39. The minimum atomic E-state index is -0.942. The highest BCUT2D eigenvalue weighted by Gasteiger charge is 2.52. The van der Waals surface area contributed by atoms with E-state index in [-0.39, 0.29) is 80.3 Å². The van der Waals surface area contributed by atoms with Gasteiger partial charge in [-0.3, -0.25) is 24.0 Å². The molecule has 0 spiro atoms. The van der Waals surface area contributed by atoms with E-state index in [0.717, 1.165) is 70.1 Å². The van der Waals surface area contributed by atoms with Gasteiger partial charge in [0.2, 0.25) is 17.7 Å². The van der Waals surface area contributed by atoms with Crippen molar-refractivity contribution in [3.8, 4) is 16.1 Å². The summed E-state index contributed by atoms with van der Waals surface area (Å²) in [6, 6.07) is 13.3. The zero-order chi connectivity index (χ0) is 56.8. The predicted octanol–water partition coefficient (Wildman–Crippen LogP) is 6.07. The number of aromatic nitrogens is 6. The fraction of sp³-hybridized carbons (Fsp3) is 0.576. The first-order valence-corrected chi connectivity index (χ1v) is 29.1. The number of aryl methyl sites for hydroxylation is 1. The SMILES string of the molecule is Cc1ncsc1-c1ccc(CNC(=O)[C@@H]2C[C@@H](O)CN2C(=O)[C@@H](NC(=O)CCOCCOCCOCCn2cc(CNC(=O)c3ccc(-n4ncc(C(=O)NC56CC7CC(CC(C7)C5)C6)c4C(C)(C)C)cc3)nn2)C(C)(C)C)cc1. The standard InChI is InChI=1S/C59H79N11O9S/c1-37-50(80-36-62-37)42-10-8-38(9-11-42)31-60-55(75)48-27-46(71)35-69(48)56(76)51(57(2,3)4)64-49(72)16-18-77-20-22-79-23-21-78-19-17-68-34-44(66-67-68)32-61-53(73)43-12-14-45(15-13-43)70-52(58(5,6)7)47(33-63-70)54(74)65-59-28-39-24-40(29-59)26-41(25-39)30-59/h8-15,33-34,36,39-41,46,48,51,71H,16-32,35H2,1-7H3,(H,60,75)(H,61,73)(H,64,72)(H,65,74)/t39?,40?,41?,46-,48+,51-,59?/m1/s1. The van der Waals surface area contributed by atoms with Gasteiger partial charge in [-0.1, -0.05) is 71.0 Å². The third-order valence-corrected chi connectivity index (χ3v) is 16.9. The van der Waals surface area contributed by atoms with Crippen molar-refractivity contribution >= 4 is 40.9 Å². The van der Waals surface area contributed by atoms with E-state index in [4.69, 9.17) is 19.3 Å². The quantitative estimate of drug-likeness (QED) is 0.0441. The van der Waals surface area contributed by atoms with Gasteiger partial charge in [-0.2, -0.15) is 5.10 Å². The minimum absolute atomic E-state index is 0.0125. The van der Waals surface area contributed by atoms with Crippen molar-refractivity contribution in [1.29, 1.82) is 0 Å². The summed E-state index contributed by atoms with van der Waals surface area (Å²) in [5, 5.41) is 35.9. The molecule has 5 aromatic rings. The van der Waals surface area contributed by atoms with Gasteiger partial charge in [0.15, 0.2) is 0 Å². The van der Waals surface area contributed by atoms with Crippen LogP contribution >= 0.6 is 11.3 Å². The molecule has 430 valence electrons. The van der Waals surface area contributed by atoms with Crippen LogP contribution < -0.4 is 21.3 Å². The molecule has 10 rings (SSSR count). The number of benzene rings is 2. The number of aliphatic hydroxyl groups is 1. The normalized spacial score (nSPS) is 21.9. The van der Waals surface area contributed by atoms with Crippen LogP contribution in [0.2, 0.25) is 0 Å². The van der Waals surface area contributed by atoms with E-state index in [9.17, 15) is 29.1 Å². The summed E-state index contributed by atoms with van der Waals surface area (Å²) >= 11 is 1.57. The van der Waals surface area contributed by atoms with Crippen molar-refractivity contribution in [1.82, 2.24) is 55.9 Å². The number of aliphatic hydroxyl groups excluding tert-OH is 1. The molecular formula is C59H79N11O9S. The van der Waals surface area contributed by atoms with Gasteiger partial charge in [0.1, 0.15) is 17.8 Å². The van der Waals surface area contributed by atoms with Crippen LogP contribution in [0, 0.1) is 30.1 Å². The molecule has 3 aromatic heterocycles. The molecule has 20 nitrogen and oxygen atoms in total. The summed E-state index contributed by atoms with van der Waals surface area (Å²) < 4.78 is 20.5. The van der Waals surface area contributed by atoms with Crippen LogP contribution in [0.4, 0.5) is 0 Å². The second kappa shape index (κ2) is 25.2. The summed E-state index contributed by atoms with van der Waals surface area (Å²) in [4.78, 5) is 74.5. The van der Waals surface area contributed by atoms with Crippen LogP contribution in [0.25, 0.3) is 16.1 Å². The van der Waals surface area contributed by atoms with E-state index in [1.54, 1.807) is 40.5 Å². The Bertz CT molecular complexity index is 2920. The molecule has 0 radical (unpaired) electrons. The average molecular weight is 1120 g/mol. The summed E-state index contributed by atoms with van der Waals surface area (Å²) in [5.41, 5.74) is 6.83. The molecule has 5 amide bonds. The Kier molecular flexibility index (Phi) is 18.3. The van der Waals surface area contributed by atoms with Crippen LogP contribution in [0.1, 0.15) is 136 Å². The zero-order valence-corrected chi connectivity index (χ0v) is 48.1. The molecule has 1 saturated heterocycles. The van der Waals surface area contributed by atoms with Gasteiger partial charge in [-0.15, -0.1) is 16.4 Å². The molecule has 5 aliphatic rings. The largest absolute Gasteiger partial charge is 0.391 e. The van der Waals surface area contributed by atoms with Crippen LogP contribution in [-0.4, -0.2) is 139 Å². The topological polar surface area (TPSA) is 246 Å². The summed E-state index contributed by atoms with van der Waals surface area (Å²) in [6.45, 7) is 16.3. The van der Waals surface area contributed by atoms with Crippen LogP contribution in [0.3, 0.4) is 0 Å². The van der Waals surface area contributed by atoms with Crippen molar-refractivity contribution in [2.75, 3.05) is 46.2 Å². The Morgan fingerprint density at radius 3 is 2.08 bits per heavy atom. The highest BCUT2D eigenvalue weighted by molar-refractivity contribution is 7.13. The van der Waals surface area contributed by atoms with Gasteiger partial charge in [-0.25, -0.2) is 14.3 Å². The molecule has 0 unspecified atom stereocenters. The number of thiazole rings is 1. The first-order valence-electron chi connectivity index (χ1n) is 28.2. The number of nitrogens with zero attached hydrogens (tertiary/aromatic N) is 7. The molecular weight excluding hydrogens is 1040 g/mol. The Morgan fingerprint density at radius 2 is 1.45 bits per heavy atom. The Balaban J connectivity index is 0.629. The number of hydrogen-bond donors (Lipinski definition) is 5. The number of amides is 5. The molecule has 5 fully saturated rings. The fourth-order valence-corrected chi connectivity index (χ4v) is 13.2. The number of rotatable bonds is 24. The van der Waals surface area contributed by atoms with Crippen molar-refractivity contribution in [2.45, 2.75) is 149 Å². The van der Waals surface area contributed by atoms with Crippen molar-refractivity contribution in [3.63, 3.8) is 0 Å². The van der Waals surface area contributed by atoms with E-state index in [0.29, 0.717) is 49.8 Å². The number of hydrogen-bond acceptors (Lipinski definition) is 14. The van der Waals surface area contributed by atoms with Crippen LogP contribution in [0.5, 0.6) is 0 Å². The molecule has 4 aliphatic carbocycles. The van der Waals surface area contributed by atoms with E-state index in [2.05, 4.69) is 57.3 Å². The molecule has 4 saturated carbocycles. The Labute approximate surface area is 472 Å². The highest BCUT2D eigenvalue weighted by atomic mass is 32.1. The van der Waals surface area contributed by atoms with E-state index in [1.807, 2.05) is 74.3 Å². The number of carbonyl (C=O) groups excluding carboxylic acids is 5. The number of β-amino-alcohol motifs (C(OH)–C–C–N with tert-alkyl or cyclic N) is 1. The minimum Gasteiger partial charge on any atom is -0.391 e. The zero-order valence-electron chi connectivity index (χ0n) is 47.3. The maximum absolute atomic E-state index is 14.0. The van der Waals surface area contributed by atoms with Gasteiger partial charge in [0.25, 0.3) is 11.8 Å². The second-order valence-electron chi connectivity index (χ2n) is 24.5. The number of nitrogens with one attached hydrogen (secondary N) is 4. The maximum Gasteiger partial charge on any atom is 0.255 e. The smallest absolute Gasteiger partial charge is 0.255 e. The summed E-state index contributed by atoms with van der Waals surface area (Å²) in [7, 11) is 0. The molecule has 1 aliphatic heterocycles. The van der Waals surface area contributed by atoms with Crippen molar-refractivity contribution < 1.29 is 43.3 Å². The van der Waals surface area contributed by atoms with Gasteiger partial charge in [0.05, 0.1) is 104 Å². The number of likely N-dealkylation sites (tertiary alicyclic amines) is 1. The van der Waals surface area contributed by atoms with Gasteiger partial charge in [0, 0.05) is 42.4 Å². The average Bonchev–Trinajstić information content (AvgIpc) is 4.34. The molecule has 2 aromatic carbocycles. The monoisotopic (exact) mass is 1120 g/mol. The number of ether oxygens (including phenoxy) is 3.